The number of hydrogen-bond acceptors (Lipinski definition) is 2. The van der Waals surface area contributed by atoms with Gasteiger partial charge in [0.1, 0.15) is 11.2 Å². The third-order valence-corrected chi connectivity index (χ3v) is 10.4. The first kappa shape index (κ1) is 31.6. The molecule has 0 aliphatic rings. The molecule has 2 nitrogen and oxygen atoms in total. The molecule has 0 bridgehead atoms. The van der Waals surface area contributed by atoms with Crippen LogP contribution in [0.3, 0.4) is 0 Å². The first-order valence-corrected chi connectivity index (χ1v) is 18.4. The maximum Gasteiger partial charge on any atom is 0.135 e. The molecule has 0 radical (unpaired) electrons. The average molecular weight is 690 g/mol. The van der Waals surface area contributed by atoms with E-state index >= 15 is 0 Å². The monoisotopic (exact) mass is 689 g/mol. The van der Waals surface area contributed by atoms with Crippen molar-refractivity contribution in [2.24, 2.45) is 0 Å². The Labute approximate surface area is 314 Å². The highest BCUT2D eigenvalue weighted by molar-refractivity contribution is 6.07. The molecular weight excluding hydrogens is 655 g/mol. The molecule has 0 fully saturated rings. The Kier molecular flexibility index (Phi) is 7.85. The minimum Gasteiger partial charge on any atom is -0.456 e. The smallest absolute Gasteiger partial charge is 0.135 e. The van der Waals surface area contributed by atoms with Crippen LogP contribution in [0.25, 0.3) is 77.2 Å². The number of furan rings is 1. The van der Waals surface area contributed by atoms with Crippen molar-refractivity contribution in [3.05, 3.63) is 212 Å². The van der Waals surface area contributed by atoms with Crippen molar-refractivity contribution in [2.75, 3.05) is 4.90 Å². The molecule has 1 heterocycles. The third-order valence-electron chi connectivity index (χ3n) is 10.4. The van der Waals surface area contributed by atoms with E-state index in [0.29, 0.717) is 0 Å². The van der Waals surface area contributed by atoms with Gasteiger partial charge in [-0.05, 0) is 105 Å². The van der Waals surface area contributed by atoms with Gasteiger partial charge in [0.25, 0.3) is 0 Å². The molecule has 1 aromatic heterocycles. The molecule has 0 N–H and O–H groups in total. The van der Waals surface area contributed by atoms with Crippen molar-refractivity contribution < 1.29 is 4.42 Å². The third kappa shape index (κ3) is 5.71. The van der Waals surface area contributed by atoms with Crippen LogP contribution in [-0.2, 0) is 0 Å². The molecule has 10 aromatic rings. The van der Waals surface area contributed by atoms with Crippen molar-refractivity contribution in [1.29, 1.82) is 0 Å². The average Bonchev–Trinajstić information content (AvgIpc) is 3.63. The minimum absolute atomic E-state index is 0.894. The van der Waals surface area contributed by atoms with Crippen LogP contribution in [0.2, 0.25) is 0 Å². The fourth-order valence-corrected chi connectivity index (χ4v) is 7.81. The summed E-state index contributed by atoms with van der Waals surface area (Å²) < 4.78 is 6.21. The highest BCUT2D eigenvalue weighted by atomic mass is 16.3. The summed E-state index contributed by atoms with van der Waals surface area (Å²) in [5.74, 6) is 0. The molecule has 0 aliphatic carbocycles. The normalized spacial score (nSPS) is 11.3. The van der Waals surface area contributed by atoms with Gasteiger partial charge < -0.3 is 9.32 Å². The Hall–Kier alpha value is -7.16. The Morgan fingerprint density at radius 1 is 0.296 bits per heavy atom. The molecule has 0 aliphatic heterocycles. The molecule has 2 heteroatoms. The molecular formula is C52H35NO. The summed E-state index contributed by atoms with van der Waals surface area (Å²) in [6.45, 7) is 0. The second-order valence-electron chi connectivity index (χ2n) is 13.7. The lowest BCUT2D eigenvalue weighted by Gasteiger charge is -2.29. The standard InChI is InChI=1S/C52H35NO/c1-3-14-36(15-4-1)41-32-42(37-16-5-2-6-17-37)34-43(33-41)38-26-29-44(30-27-38)53(50-24-13-19-39-18-7-8-20-45(39)50)49-23-11-9-21-46(49)40-28-31-52-48(35-40)47-22-10-12-25-51(47)54-52/h1-35H. The maximum absolute atomic E-state index is 6.21. The van der Waals surface area contributed by atoms with Crippen LogP contribution in [0, 0.1) is 0 Å². The molecule has 54 heavy (non-hydrogen) atoms. The molecule has 9 aromatic carbocycles. The summed E-state index contributed by atoms with van der Waals surface area (Å²) in [4.78, 5) is 2.41. The lowest BCUT2D eigenvalue weighted by Crippen LogP contribution is -2.11. The number of benzene rings is 9. The van der Waals surface area contributed by atoms with Gasteiger partial charge in [-0.25, -0.2) is 0 Å². The fraction of sp³-hybridized carbons (Fsp3) is 0. The number of para-hydroxylation sites is 2. The molecule has 0 saturated heterocycles. The molecule has 0 saturated carbocycles. The highest BCUT2D eigenvalue weighted by Gasteiger charge is 2.20. The number of rotatable bonds is 7. The van der Waals surface area contributed by atoms with Gasteiger partial charge in [-0.2, -0.15) is 0 Å². The molecule has 254 valence electrons. The Bertz CT molecular complexity index is 2860. The van der Waals surface area contributed by atoms with E-state index in [0.717, 1.165) is 55.7 Å². The predicted octanol–water partition coefficient (Wildman–Crippen LogP) is 14.9. The Balaban J connectivity index is 1.13. The summed E-state index contributed by atoms with van der Waals surface area (Å²) in [7, 11) is 0. The van der Waals surface area contributed by atoms with E-state index in [1.54, 1.807) is 0 Å². The summed E-state index contributed by atoms with van der Waals surface area (Å²) in [6, 6.07) is 76.0. The van der Waals surface area contributed by atoms with Crippen LogP contribution in [-0.4, -0.2) is 0 Å². The van der Waals surface area contributed by atoms with Crippen LogP contribution >= 0.6 is 0 Å². The second kappa shape index (κ2) is 13.4. The van der Waals surface area contributed by atoms with E-state index in [4.69, 9.17) is 4.42 Å². The van der Waals surface area contributed by atoms with E-state index in [1.165, 1.54) is 38.6 Å². The lowest BCUT2D eigenvalue weighted by molar-refractivity contribution is 0.669. The quantitative estimate of drug-likeness (QED) is 0.166. The first-order valence-electron chi connectivity index (χ1n) is 18.4. The molecule has 0 unspecified atom stereocenters. The van der Waals surface area contributed by atoms with E-state index < -0.39 is 0 Å². The van der Waals surface area contributed by atoms with Crippen molar-refractivity contribution in [2.45, 2.75) is 0 Å². The van der Waals surface area contributed by atoms with Crippen molar-refractivity contribution in [1.82, 2.24) is 0 Å². The van der Waals surface area contributed by atoms with Crippen molar-refractivity contribution >= 4 is 49.8 Å². The van der Waals surface area contributed by atoms with Gasteiger partial charge in [0.05, 0.1) is 11.4 Å². The van der Waals surface area contributed by atoms with Crippen LogP contribution in [0.5, 0.6) is 0 Å². The fourth-order valence-electron chi connectivity index (χ4n) is 7.81. The topological polar surface area (TPSA) is 16.4 Å². The van der Waals surface area contributed by atoms with Gasteiger partial charge in [0, 0.05) is 27.4 Å². The minimum atomic E-state index is 0.894. The van der Waals surface area contributed by atoms with E-state index in [1.807, 2.05) is 12.1 Å². The molecule has 0 spiro atoms. The van der Waals surface area contributed by atoms with Gasteiger partial charge in [0.2, 0.25) is 0 Å². The first-order chi connectivity index (χ1) is 26.8. The van der Waals surface area contributed by atoms with Gasteiger partial charge in [0.15, 0.2) is 0 Å². The summed E-state index contributed by atoms with van der Waals surface area (Å²) in [5.41, 5.74) is 14.5. The second-order valence-corrected chi connectivity index (χ2v) is 13.7. The van der Waals surface area contributed by atoms with E-state index in [9.17, 15) is 0 Å². The van der Waals surface area contributed by atoms with E-state index in [2.05, 4.69) is 205 Å². The van der Waals surface area contributed by atoms with Crippen molar-refractivity contribution in [3.63, 3.8) is 0 Å². The predicted molar refractivity (Wildman–Crippen MR) is 228 cm³/mol. The summed E-state index contributed by atoms with van der Waals surface area (Å²) >= 11 is 0. The number of fused-ring (bicyclic) bond motifs is 4. The Morgan fingerprint density at radius 2 is 0.815 bits per heavy atom. The summed E-state index contributed by atoms with van der Waals surface area (Å²) in [5, 5.41) is 4.64. The van der Waals surface area contributed by atoms with Crippen LogP contribution < -0.4 is 4.90 Å². The largest absolute Gasteiger partial charge is 0.456 e. The Morgan fingerprint density at radius 3 is 1.54 bits per heavy atom. The molecule has 0 atom stereocenters. The van der Waals surface area contributed by atoms with Gasteiger partial charge >= 0.3 is 0 Å². The zero-order chi connectivity index (χ0) is 35.8. The zero-order valence-electron chi connectivity index (χ0n) is 29.6. The van der Waals surface area contributed by atoms with Gasteiger partial charge in [-0.15, -0.1) is 0 Å². The molecule has 10 rings (SSSR count). The summed E-state index contributed by atoms with van der Waals surface area (Å²) in [6.07, 6.45) is 0. The van der Waals surface area contributed by atoms with Gasteiger partial charge in [-0.3, -0.25) is 0 Å². The molecule has 0 amide bonds. The van der Waals surface area contributed by atoms with E-state index in [-0.39, 0.29) is 0 Å². The SMILES string of the molecule is c1ccc(-c2cc(-c3ccccc3)cc(-c3ccc(N(c4ccccc4-c4ccc5oc6ccccc6c5c4)c4cccc5ccccc45)cc3)c2)cc1. The number of anilines is 3. The van der Waals surface area contributed by atoms with Gasteiger partial charge in [-0.1, -0.05) is 152 Å². The van der Waals surface area contributed by atoms with Crippen LogP contribution in [0.1, 0.15) is 0 Å². The maximum atomic E-state index is 6.21. The lowest BCUT2D eigenvalue weighted by atomic mass is 9.93. The van der Waals surface area contributed by atoms with Crippen LogP contribution in [0.15, 0.2) is 217 Å². The van der Waals surface area contributed by atoms with Crippen LogP contribution in [0.4, 0.5) is 17.1 Å². The zero-order valence-corrected chi connectivity index (χ0v) is 29.6. The highest BCUT2D eigenvalue weighted by Crippen LogP contribution is 2.45. The number of nitrogens with zero attached hydrogens (tertiary/aromatic N) is 1. The number of hydrogen-bond donors (Lipinski definition) is 0. The van der Waals surface area contributed by atoms with Crippen molar-refractivity contribution in [3.8, 4) is 44.5 Å².